The third-order valence-electron chi connectivity index (χ3n) is 2.63. The van der Waals surface area contributed by atoms with Gasteiger partial charge in [0, 0.05) is 11.8 Å². The molecule has 2 heterocycles. The standard InChI is InChI=1S/C11H15N5O2S2/c1-6(2)16-10(18)14-15-11(16)20-5-7-3-4-19-8(7)9(17)13-12/h3-4,6H,5,12H2,1-2H3,(H,13,17)(H,14,18). The Morgan fingerprint density at radius 2 is 2.40 bits per heavy atom. The maximum Gasteiger partial charge on any atom is 0.344 e. The summed E-state index contributed by atoms with van der Waals surface area (Å²) in [6.07, 6.45) is 0. The van der Waals surface area contributed by atoms with Crippen LogP contribution >= 0.6 is 23.1 Å². The van der Waals surface area contributed by atoms with Crippen molar-refractivity contribution in [3.8, 4) is 0 Å². The van der Waals surface area contributed by atoms with Gasteiger partial charge in [0.1, 0.15) is 0 Å². The van der Waals surface area contributed by atoms with Crippen LogP contribution in [0.4, 0.5) is 0 Å². The van der Waals surface area contributed by atoms with E-state index in [4.69, 9.17) is 5.84 Å². The highest BCUT2D eigenvalue weighted by Gasteiger charge is 2.15. The summed E-state index contributed by atoms with van der Waals surface area (Å²) in [4.78, 5) is 23.8. The molecule has 0 saturated heterocycles. The lowest BCUT2D eigenvalue weighted by Gasteiger charge is -2.08. The van der Waals surface area contributed by atoms with E-state index in [9.17, 15) is 9.59 Å². The topological polar surface area (TPSA) is 106 Å². The third-order valence-corrected chi connectivity index (χ3v) is 4.59. The van der Waals surface area contributed by atoms with Gasteiger partial charge in [-0.3, -0.25) is 14.8 Å². The van der Waals surface area contributed by atoms with Crippen molar-refractivity contribution in [1.82, 2.24) is 20.2 Å². The molecule has 0 aliphatic rings. The molecule has 20 heavy (non-hydrogen) atoms. The van der Waals surface area contributed by atoms with Crippen LogP contribution in [0.5, 0.6) is 0 Å². The first-order valence-electron chi connectivity index (χ1n) is 5.91. The lowest BCUT2D eigenvalue weighted by molar-refractivity contribution is 0.0957. The lowest BCUT2D eigenvalue weighted by Crippen LogP contribution is -2.29. The molecule has 0 atom stereocenters. The SMILES string of the molecule is CC(C)n1c(SCc2ccsc2C(=O)NN)n[nH]c1=O. The van der Waals surface area contributed by atoms with Crippen molar-refractivity contribution >= 4 is 29.0 Å². The van der Waals surface area contributed by atoms with Crippen molar-refractivity contribution in [3.63, 3.8) is 0 Å². The minimum absolute atomic E-state index is 0.0260. The molecule has 0 spiro atoms. The van der Waals surface area contributed by atoms with Gasteiger partial charge in [0.25, 0.3) is 5.91 Å². The van der Waals surface area contributed by atoms with Crippen molar-refractivity contribution in [2.75, 3.05) is 0 Å². The average Bonchev–Trinajstić information content (AvgIpc) is 3.01. The second-order valence-electron chi connectivity index (χ2n) is 4.31. The molecule has 0 aliphatic carbocycles. The summed E-state index contributed by atoms with van der Waals surface area (Å²) in [5.74, 6) is 5.38. The van der Waals surface area contributed by atoms with Gasteiger partial charge in [-0.15, -0.1) is 16.4 Å². The number of aromatic nitrogens is 3. The Hall–Kier alpha value is -1.58. The molecule has 108 valence electrons. The van der Waals surface area contributed by atoms with Crippen molar-refractivity contribution < 1.29 is 4.79 Å². The largest absolute Gasteiger partial charge is 0.344 e. The number of thioether (sulfide) groups is 1. The molecule has 0 fully saturated rings. The maximum absolute atomic E-state index is 11.6. The number of carbonyl (C=O) groups excluding carboxylic acids is 1. The molecule has 0 aliphatic heterocycles. The number of hydrogen-bond donors (Lipinski definition) is 3. The Morgan fingerprint density at radius 1 is 1.65 bits per heavy atom. The number of carbonyl (C=O) groups is 1. The van der Waals surface area contributed by atoms with E-state index in [0.717, 1.165) is 5.56 Å². The molecule has 0 saturated carbocycles. The van der Waals surface area contributed by atoms with E-state index in [2.05, 4.69) is 15.6 Å². The second kappa shape index (κ2) is 6.25. The summed E-state index contributed by atoms with van der Waals surface area (Å²) in [6.45, 7) is 3.83. The van der Waals surface area contributed by atoms with E-state index in [1.165, 1.54) is 23.1 Å². The van der Waals surface area contributed by atoms with E-state index in [-0.39, 0.29) is 17.6 Å². The van der Waals surface area contributed by atoms with Crippen molar-refractivity contribution in [2.45, 2.75) is 30.8 Å². The number of amides is 1. The second-order valence-corrected chi connectivity index (χ2v) is 6.17. The summed E-state index contributed by atoms with van der Waals surface area (Å²) in [6, 6.07) is 1.89. The van der Waals surface area contributed by atoms with Gasteiger partial charge in [-0.25, -0.2) is 15.7 Å². The molecular weight excluding hydrogens is 298 g/mol. The van der Waals surface area contributed by atoms with E-state index in [1.54, 1.807) is 4.57 Å². The molecule has 4 N–H and O–H groups in total. The molecule has 0 bridgehead atoms. The monoisotopic (exact) mass is 313 g/mol. The van der Waals surface area contributed by atoms with Crippen LogP contribution in [0.3, 0.4) is 0 Å². The molecule has 0 radical (unpaired) electrons. The minimum atomic E-state index is -0.307. The molecular formula is C11H15N5O2S2. The number of thiophene rings is 1. The van der Waals surface area contributed by atoms with E-state index < -0.39 is 0 Å². The predicted molar refractivity (Wildman–Crippen MR) is 78.8 cm³/mol. The Labute approximate surface area is 123 Å². The number of hydrazine groups is 1. The van der Waals surface area contributed by atoms with Gasteiger partial charge in [0.15, 0.2) is 5.16 Å². The van der Waals surface area contributed by atoms with Crippen LogP contribution in [-0.2, 0) is 5.75 Å². The Bertz CT molecular complexity index is 658. The van der Waals surface area contributed by atoms with Crippen molar-refractivity contribution in [1.29, 1.82) is 0 Å². The zero-order valence-electron chi connectivity index (χ0n) is 11.0. The van der Waals surface area contributed by atoms with Gasteiger partial charge >= 0.3 is 5.69 Å². The van der Waals surface area contributed by atoms with Gasteiger partial charge in [0.2, 0.25) is 0 Å². The summed E-state index contributed by atoms with van der Waals surface area (Å²) < 4.78 is 1.58. The first-order chi connectivity index (χ1) is 9.54. The van der Waals surface area contributed by atoms with E-state index in [1.807, 2.05) is 25.3 Å². The normalized spacial score (nSPS) is 11.0. The molecule has 7 nitrogen and oxygen atoms in total. The van der Waals surface area contributed by atoms with Crippen LogP contribution in [-0.4, -0.2) is 20.7 Å². The van der Waals surface area contributed by atoms with Crippen LogP contribution in [0.15, 0.2) is 21.4 Å². The summed E-state index contributed by atoms with van der Waals surface area (Å²) in [7, 11) is 0. The van der Waals surface area contributed by atoms with Crippen molar-refractivity contribution in [2.24, 2.45) is 5.84 Å². The zero-order valence-corrected chi connectivity index (χ0v) is 12.7. The predicted octanol–water partition coefficient (Wildman–Crippen LogP) is 1.11. The summed E-state index contributed by atoms with van der Waals surface area (Å²) >= 11 is 2.73. The Morgan fingerprint density at radius 3 is 3.05 bits per heavy atom. The molecule has 2 aromatic heterocycles. The third kappa shape index (κ3) is 2.94. The van der Waals surface area contributed by atoms with Crippen LogP contribution < -0.4 is 17.0 Å². The summed E-state index contributed by atoms with van der Waals surface area (Å²) in [5.41, 5.74) is 2.77. The lowest BCUT2D eigenvalue weighted by atomic mass is 10.3. The quantitative estimate of drug-likeness (QED) is 0.332. The van der Waals surface area contributed by atoms with Gasteiger partial charge in [-0.2, -0.15) is 0 Å². The summed E-state index contributed by atoms with van der Waals surface area (Å²) in [5, 5.41) is 8.88. The number of aromatic amines is 1. The fourth-order valence-electron chi connectivity index (χ4n) is 1.70. The van der Waals surface area contributed by atoms with Crippen LogP contribution in [0.1, 0.15) is 35.1 Å². The number of hydrogen-bond acceptors (Lipinski definition) is 6. The fourth-order valence-corrected chi connectivity index (χ4v) is 3.69. The zero-order chi connectivity index (χ0) is 14.7. The van der Waals surface area contributed by atoms with E-state index in [0.29, 0.717) is 15.8 Å². The number of H-pyrrole nitrogens is 1. The Kier molecular flexibility index (Phi) is 4.63. The van der Waals surface area contributed by atoms with E-state index >= 15 is 0 Å². The highest BCUT2D eigenvalue weighted by Crippen LogP contribution is 2.26. The first-order valence-corrected chi connectivity index (χ1v) is 7.78. The number of nitrogen functional groups attached to an aromatic ring is 1. The van der Waals surface area contributed by atoms with Crippen molar-refractivity contribution in [3.05, 3.63) is 32.4 Å². The molecule has 9 heteroatoms. The number of nitrogens with two attached hydrogens (primary N) is 1. The van der Waals surface area contributed by atoms with Crippen LogP contribution in [0.25, 0.3) is 0 Å². The molecule has 1 amide bonds. The number of rotatable bonds is 5. The molecule has 2 aromatic rings. The highest BCUT2D eigenvalue weighted by molar-refractivity contribution is 7.98. The van der Waals surface area contributed by atoms with Gasteiger partial charge in [-0.1, -0.05) is 11.8 Å². The number of nitrogens with one attached hydrogen (secondary N) is 2. The molecule has 0 unspecified atom stereocenters. The van der Waals surface area contributed by atoms with Gasteiger partial charge in [-0.05, 0) is 30.9 Å². The van der Waals surface area contributed by atoms with Gasteiger partial charge < -0.3 is 0 Å². The number of nitrogens with zero attached hydrogens (tertiary/aromatic N) is 2. The Balaban J connectivity index is 2.16. The minimum Gasteiger partial charge on any atom is -0.289 e. The smallest absolute Gasteiger partial charge is 0.289 e. The fraction of sp³-hybridized carbons (Fsp3) is 0.364. The first kappa shape index (κ1) is 14.8. The highest BCUT2D eigenvalue weighted by atomic mass is 32.2. The van der Waals surface area contributed by atoms with Crippen LogP contribution in [0, 0.1) is 0 Å². The van der Waals surface area contributed by atoms with Crippen LogP contribution in [0.2, 0.25) is 0 Å². The average molecular weight is 313 g/mol. The maximum atomic E-state index is 11.6. The molecule has 2 rings (SSSR count). The van der Waals surface area contributed by atoms with Gasteiger partial charge in [0.05, 0.1) is 4.88 Å². The molecule has 0 aromatic carbocycles.